The highest BCUT2D eigenvalue weighted by molar-refractivity contribution is 14.1. The monoisotopic (exact) mass is 629 g/mol. The lowest BCUT2D eigenvalue weighted by Gasteiger charge is -2.40. The van der Waals surface area contributed by atoms with Crippen LogP contribution >= 0.6 is 22.6 Å². The second kappa shape index (κ2) is 10.3. The number of alkyl carbamates (subject to hydrolysis) is 1. The third-order valence-electron chi connectivity index (χ3n) is 6.94. The summed E-state index contributed by atoms with van der Waals surface area (Å²) in [6, 6.07) is 1.59. The van der Waals surface area contributed by atoms with Crippen LogP contribution in [0.1, 0.15) is 46.5 Å². The van der Waals surface area contributed by atoms with Crippen molar-refractivity contribution in [2.24, 2.45) is 7.05 Å². The van der Waals surface area contributed by atoms with Gasteiger partial charge in [0, 0.05) is 49.6 Å². The molecule has 2 aliphatic heterocycles. The summed E-state index contributed by atoms with van der Waals surface area (Å²) in [7, 11) is 0.638. The van der Waals surface area contributed by atoms with Crippen LogP contribution < -0.4 is 15.8 Å². The van der Waals surface area contributed by atoms with Crippen LogP contribution in [-0.4, -0.2) is 58.6 Å². The van der Waals surface area contributed by atoms with Crippen molar-refractivity contribution >= 4 is 53.7 Å². The molecule has 0 radical (unpaired) electrons. The van der Waals surface area contributed by atoms with E-state index in [2.05, 4.69) is 52.4 Å². The number of nitrogens with one attached hydrogen (secondary N) is 1. The van der Waals surface area contributed by atoms with E-state index in [1.165, 1.54) is 0 Å². The fraction of sp³-hybridized carbons (Fsp3) is 0.720. The Morgan fingerprint density at radius 3 is 2.44 bits per heavy atom. The second-order valence-electron chi connectivity index (χ2n) is 12.4. The number of rotatable bonds is 7. The van der Waals surface area contributed by atoms with Gasteiger partial charge in [0.05, 0.1) is 5.39 Å². The summed E-state index contributed by atoms with van der Waals surface area (Å²) in [4.78, 5) is 33.1. The Morgan fingerprint density at radius 1 is 1.22 bits per heavy atom. The van der Waals surface area contributed by atoms with Crippen molar-refractivity contribution in [3.05, 3.63) is 20.1 Å². The Morgan fingerprint density at radius 2 is 1.86 bits per heavy atom. The van der Waals surface area contributed by atoms with E-state index >= 15 is 0 Å². The van der Waals surface area contributed by atoms with Crippen molar-refractivity contribution in [3.8, 4) is 0 Å². The van der Waals surface area contributed by atoms with Crippen molar-refractivity contribution in [2.75, 3.05) is 11.5 Å². The van der Waals surface area contributed by atoms with Crippen molar-refractivity contribution in [2.45, 2.75) is 103 Å². The maximum atomic E-state index is 13.4. The number of halogens is 1. The first-order chi connectivity index (χ1) is 16.7. The van der Waals surface area contributed by atoms with Crippen molar-refractivity contribution in [1.82, 2.24) is 19.4 Å². The van der Waals surface area contributed by atoms with Crippen molar-refractivity contribution in [1.29, 1.82) is 0 Å². The molecule has 1 unspecified atom stereocenters. The number of amides is 1. The van der Waals surface area contributed by atoms with Crippen LogP contribution in [0.5, 0.6) is 0 Å². The number of aromatic nitrogens is 3. The summed E-state index contributed by atoms with van der Waals surface area (Å²) >= 11 is 2.22. The minimum Gasteiger partial charge on any atom is -0.444 e. The molecule has 0 spiro atoms. The number of fused-ring (bicyclic) bond motifs is 3. The molecule has 0 aliphatic carbocycles. The van der Waals surface area contributed by atoms with Gasteiger partial charge in [0.25, 0.3) is 5.56 Å². The predicted octanol–water partition coefficient (Wildman–Crippen LogP) is 4.68. The third-order valence-corrected chi connectivity index (χ3v) is 9.46. The van der Waals surface area contributed by atoms with Crippen LogP contribution in [0.2, 0.25) is 25.7 Å². The Bertz CT molecular complexity index is 1170. The van der Waals surface area contributed by atoms with Gasteiger partial charge in [-0.3, -0.25) is 9.36 Å². The minimum absolute atomic E-state index is 0.0337. The van der Waals surface area contributed by atoms with E-state index in [9.17, 15) is 9.59 Å². The van der Waals surface area contributed by atoms with E-state index in [1.54, 1.807) is 4.57 Å². The molecule has 0 aromatic carbocycles. The molecular formula is C25H40IN5O4Si. The molecule has 0 saturated carbocycles. The molecule has 4 heterocycles. The highest BCUT2D eigenvalue weighted by atomic mass is 127. The van der Waals surface area contributed by atoms with E-state index in [0.29, 0.717) is 30.3 Å². The zero-order valence-corrected chi connectivity index (χ0v) is 25.7. The Kier molecular flexibility index (Phi) is 7.83. The standard InChI is InChI=1S/C25H40IN5O4Si/c1-25(2,3)35-24(33)27-16-12-17-8-9-18(13-16)31(17)23-28-21-20(22(32)29(23)4)19(26)14-30(21)15-34-10-11-36(5,6)7/h14,16-18H,8-13,15H2,1-7H3,(H,27,33)/t16?,17-,18+. The molecule has 11 heteroatoms. The molecule has 36 heavy (non-hydrogen) atoms. The molecular weight excluding hydrogens is 589 g/mol. The Labute approximate surface area is 228 Å². The maximum Gasteiger partial charge on any atom is 0.407 e. The average molecular weight is 630 g/mol. The molecule has 2 aromatic heterocycles. The normalized spacial score (nSPS) is 22.3. The van der Waals surface area contributed by atoms with E-state index in [-0.39, 0.29) is 29.8 Å². The van der Waals surface area contributed by atoms with Gasteiger partial charge in [-0.1, -0.05) is 19.6 Å². The lowest BCUT2D eigenvalue weighted by atomic mass is 9.98. The summed E-state index contributed by atoms with van der Waals surface area (Å²) in [5.41, 5.74) is 0.124. The molecule has 1 amide bonds. The van der Waals surface area contributed by atoms with Gasteiger partial charge in [0.2, 0.25) is 5.95 Å². The number of hydrogen-bond acceptors (Lipinski definition) is 6. The average Bonchev–Trinajstić information content (AvgIpc) is 3.18. The lowest BCUT2D eigenvalue weighted by molar-refractivity contribution is 0.0492. The number of carbonyl (C=O) groups is 1. The SMILES string of the molecule is Cn1c(N2[C@@H]3CC[C@H]2CC(NC(=O)OC(C)(C)C)C3)nc2c(c(I)cn2COCC[Si](C)(C)C)c1=O. The van der Waals surface area contributed by atoms with Crippen molar-refractivity contribution < 1.29 is 14.3 Å². The van der Waals surface area contributed by atoms with Gasteiger partial charge < -0.3 is 24.3 Å². The van der Waals surface area contributed by atoms with Gasteiger partial charge in [-0.25, -0.2) is 4.79 Å². The second-order valence-corrected chi connectivity index (χ2v) is 19.2. The molecule has 2 fully saturated rings. The number of nitrogens with zero attached hydrogens (tertiary/aromatic N) is 4. The van der Waals surface area contributed by atoms with Gasteiger partial charge in [-0.2, -0.15) is 4.98 Å². The minimum atomic E-state index is -1.17. The van der Waals surface area contributed by atoms with Crippen LogP contribution in [0.25, 0.3) is 11.0 Å². The van der Waals surface area contributed by atoms with Crippen LogP contribution in [0.4, 0.5) is 10.7 Å². The molecule has 2 aliphatic rings. The maximum absolute atomic E-state index is 13.4. The highest BCUT2D eigenvalue weighted by Crippen LogP contribution is 2.39. The van der Waals surface area contributed by atoms with E-state index in [4.69, 9.17) is 14.5 Å². The number of hydrogen-bond donors (Lipinski definition) is 1. The van der Waals surface area contributed by atoms with Gasteiger partial charge in [0.1, 0.15) is 12.3 Å². The molecule has 2 aromatic rings. The lowest BCUT2D eigenvalue weighted by Crippen LogP contribution is -2.52. The van der Waals surface area contributed by atoms with Gasteiger partial charge in [-0.05, 0) is 75.1 Å². The molecule has 9 nitrogen and oxygen atoms in total. The van der Waals surface area contributed by atoms with Crippen molar-refractivity contribution in [3.63, 3.8) is 0 Å². The molecule has 2 saturated heterocycles. The van der Waals surface area contributed by atoms with E-state index in [0.717, 1.165) is 35.3 Å². The smallest absolute Gasteiger partial charge is 0.407 e. The van der Waals surface area contributed by atoms with Gasteiger partial charge in [-0.15, -0.1) is 0 Å². The summed E-state index contributed by atoms with van der Waals surface area (Å²) in [5, 5.41) is 3.70. The third kappa shape index (κ3) is 6.09. The first-order valence-electron chi connectivity index (χ1n) is 12.8. The van der Waals surface area contributed by atoms with Crippen LogP contribution in [0.15, 0.2) is 11.0 Å². The summed E-state index contributed by atoms with van der Waals surface area (Å²) in [6.07, 6.45) is 5.24. The van der Waals surface area contributed by atoms with Crippen LogP contribution in [-0.2, 0) is 23.3 Å². The number of piperidine rings is 1. The molecule has 1 N–H and O–H groups in total. The topological polar surface area (TPSA) is 90.6 Å². The zero-order chi connectivity index (χ0) is 26.4. The number of ether oxygens (including phenoxy) is 2. The molecule has 4 rings (SSSR count). The molecule has 200 valence electrons. The largest absolute Gasteiger partial charge is 0.444 e. The molecule has 2 bridgehead atoms. The van der Waals surface area contributed by atoms with Crippen LogP contribution in [0, 0.1) is 3.57 Å². The fourth-order valence-corrected chi connectivity index (χ4v) is 6.79. The first-order valence-corrected chi connectivity index (χ1v) is 17.6. The summed E-state index contributed by atoms with van der Waals surface area (Å²) < 4.78 is 16.0. The fourth-order valence-electron chi connectivity index (χ4n) is 5.23. The zero-order valence-electron chi connectivity index (χ0n) is 22.6. The Hall–Kier alpha value is -1.60. The van der Waals surface area contributed by atoms with Crippen LogP contribution in [0.3, 0.4) is 0 Å². The Balaban J connectivity index is 1.55. The summed E-state index contributed by atoms with van der Waals surface area (Å²) in [6.45, 7) is 13.7. The number of carbonyl (C=O) groups excluding carboxylic acids is 1. The quantitative estimate of drug-likeness (QED) is 0.272. The number of anilines is 1. The summed E-state index contributed by atoms with van der Waals surface area (Å²) in [5.74, 6) is 0.702. The molecule has 3 atom stereocenters. The van der Waals surface area contributed by atoms with E-state index in [1.807, 2.05) is 38.6 Å². The predicted molar refractivity (Wildman–Crippen MR) is 153 cm³/mol. The van der Waals surface area contributed by atoms with E-state index < -0.39 is 13.7 Å². The highest BCUT2D eigenvalue weighted by Gasteiger charge is 2.43. The first kappa shape index (κ1) is 27.4. The van der Waals surface area contributed by atoms with Gasteiger partial charge >= 0.3 is 6.09 Å². The van der Waals surface area contributed by atoms with Gasteiger partial charge in [0.15, 0.2) is 5.65 Å².